The summed E-state index contributed by atoms with van der Waals surface area (Å²) in [5.74, 6) is -0.454. The van der Waals surface area contributed by atoms with E-state index in [1.54, 1.807) is 7.11 Å². The zero-order valence-corrected chi connectivity index (χ0v) is 21.7. The van der Waals surface area contributed by atoms with Crippen molar-refractivity contribution in [2.75, 3.05) is 13.7 Å². The lowest BCUT2D eigenvalue weighted by atomic mass is 10.0. The van der Waals surface area contributed by atoms with Crippen molar-refractivity contribution >= 4 is 11.9 Å². The van der Waals surface area contributed by atoms with Crippen molar-refractivity contribution < 1.29 is 38.0 Å². The normalized spacial score (nSPS) is 21.2. The highest BCUT2D eigenvalue weighted by molar-refractivity contribution is 5.67. The average Bonchev–Trinajstić information content (AvgIpc) is 3.23. The first-order valence-corrected chi connectivity index (χ1v) is 12.3. The summed E-state index contributed by atoms with van der Waals surface area (Å²) in [6, 6.07) is 17.0. The fraction of sp³-hybridized carbons (Fsp3) is 0.481. The van der Waals surface area contributed by atoms with Crippen molar-refractivity contribution in [3.63, 3.8) is 0 Å². The molecule has 0 saturated carbocycles. The van der Waals surface area contributed by atoms with Gasteiger partial charge in [0.05, 0.1) is 26.4 Å². The molecule has 0 spiro atoms. The Bertz CT molecular complexity index is 1080. The van der Waals surface area contributed by atoms with Crippen LogP contribution >= 0.6 is 0 Å². The summed E-state index contributed by atoms with van der Waals surface area (Å²) in [5, 5.41) is 3.61. The molecule has 1 aliphatic heterocycles. The van der Waals surface area contributed by atoms with Gasteiger partial charge in [-0.3, -0.25) is 9.59 Å². The molecule has 0 amide bonds. The van der Waals surface area contributed by atoms with Gasteiger partial charge in [-0.25, -0.2) is 0 Å². The molecular weight excluding hydrogens is 494 g/mol. The number of azide groups is 1. The van der Waals surface area contributed by atoms with Crippen LogP contribution in [-0.2, 0) is 46.5 Å². The molecule has 38 heavy (non-hydrogen) atoms. The quantitative estimate of drug-likeness (QED) is 0.115. The molecule has 11 nitrogen and oxygen atoms in total. The van der Waals surface area contributed by atoms with E-state index in [0.29, 0.717) is 18.6 Å². The van der Waals surface area contributed by atoms with E-state index in [4.69, 9.17) is 34.0 Å². The van der Waals surface area contributed by atoms with Gasteiger partial charge in [0, 0.05) is 25.3 Å². The number of ether oxygens (including phenoxy) is 6. The minimum Gasteiger partial charge on any atom is -0.497 e. The van der Waals surface area contributed by atoms with Gasteiger partial charge in [-0.2, -0.15) is 0 Å². The fourth-order valence-corrected chi connectivity index (χ4v) is 4.16. The van der Waals surface area contributed by atoms with Crippen molar-refractivity contribution in [2.45, 2.75) is 70.6 Å². The Morgan fingerprint density at radius 3 is 2.29 bits per heavy atom. The average molecular weight is 528 g/mol. The van der Waals surface area contributed by atoms with Gasteiger partial charge in [-0.15, -0.1) is 0 Å². The van der Waals surface area contributed by atoms with E-state index in [0.717, 1.165) is 11.1 Å². The number of carbonyl (C=O) groups is 2. The maximum absolute atomic E-state index is 12.0. The third-order valence-electron chi connectivity index (χ3n) is 5.88. The second-order valence-electron chi connectivity index (χ2n) is 8.71. The highest BCUT2D eigenvalue weighted by atomic mass is 16.7. The molecule has 0 aromatic heterocycles. The van der Waals surface area contributed by atoms with Crippen LogP contribution in [0.1, 0.15) is 37.8 Å². The lowest BCUT2D eigenvalue weighted by Gasteiger charge is -2.29. The van der Waals surface area contributed by atoms with Crippen LogP contribution in [0.25, 0.3) is 10.4 Å². The van der Waals surface area contributed by atoms with E-state index in [1.165, 1.54) is 13.8 Å². The number of carbonyl (C=O) groups excluding carboxylic acids is 2. The lowest BCUT2D eigenvalue weighted by molar-refractivity contribution is -0.201. The Morgan fingerprint density at radius 1 is 0.974 bits per heavy atom. The Balaban J connectivity index is 1.86. The molecule has 0 radical (unpaired) electrons. The summed E-state index contributed by atoms with van der Waals surface area (Å²) in [4.78, 5) is 26.6. The molecule has 2 aromatic rings. The van der Waals surface area contributed by atoms with Gasteiger partial charge in [-0.1, -0.05) is 47.6 Å². The van der Waals surface area contributed by atoms with Gasteiger partial charge in [-0.05, 0) is 41.6 Å². The van der Waals surface area contributed by atoms with Crippen LogP contribution < -0.4 is 4.74 Å². The Kier molecular flexibility index (Phi) is 11.4. The van der Waals surface area contributed by atoms with Crippen LogP contribution in [0.3, 0.4) is 0 Å². The minimum absolute atomic E-state index is 0.170. The van der Waals surface area contributed by atoms with Gasteiger partial charge in [0.15, 0.2) is 6.10 Å². The van der Waals surface area contributed by atoms with Crippen LogP contribution in [0.5, 0.6) is 5.75 Å². The predicted octanol–water partition coefficient (Wildman–Crippen LogP) is 4.48. The number of methoxy groups -OCH3 is 1. The number of esters is 2. The van der Waals surface area contributed by atoms with Crippen LogP contribution in [0.15, 0.2) is 59.7 Å². The molecular formula is C27H33N3O8. The lowest BCUT2D eigenvalue weighted by Crippen LogP contribution is -2.44. The maximum atomic E-state index is 12.0. The van der Waals surface area contributed by atoms with Crippen molar-refractivity contribution in [1.82, 2.24) is 0 Å². The largest absolute Gasteiger partial charge is 0.497 e. The van der Waals surface area contributed by atoms with E-state index in [-0.39, 0.29) is 19.8 Å². The monoisotopic (exact) mass is 527 g/mol. The van der Waals surface area contributed by atoms with Gasteiger partial charge >= 0.3 is 11.9 Å². The van der Waals surface area contributed by atoms with Gasteiger partial charge in [0.1, 0.15) is 18.0 Å². The Labute approximate surface area is 221 Å². The van der Waals surface area contributed by atoms with Gasteiger partial charge in [0.25, 0.3) is 0 Å². The standard InChI is InChI=1S/C27H33N3O8/c1-18(31)36-26-25(35-17-21-11-13-22(33-3)14-12-21)24(38-27(26)37-19(2)32)23(10-7-15-29-30-28)34-16-20-8-5-4-6-9-20/h4-6,8-9,11-14,23-27H,7,10,15-17H2,1-3H3/t23-,24-,25+,26?,27-/m1/s1. The van der Waals surface area contributed by atoms with Crippen molar-refractivity contribution in [3.8, 4) is 5.75 Å². The van der Waals surface area contributed by atoms with Gasteiger partial charge in [0.2, 0.25) is 6.29 Å². The third kappa shape index (κ3) is 8.74. The number of hydrogen-bond acceptors (Lipinski definition) is 9. The first-order chi connectivity index (χ1) is 18.4. The zero-order valence-electron chi connectivity index (χ0n) is 21.7. The topological polar surface area (TPSA) is 138 Å². The number of hydrogen-bond donors (Lipinski definition) is 0. The summed E-state index contributed by atoms with van der Waals surface area (Å²) in [5.41, 5.74) is 10.5. The Morgan fingerprint density at radius 2 is 1.66 bits per heavy atom. The molecule has 1 aliphatic rings. The SMILES string of the molecule is COc1ccc(CO[C@@H]2C(OC(C)=O)[C@H](OC(C)=O)O[C@@H]2[C@@H](CCCN=[N+]=[N-])OCc2ccccc2)cc1. The van der Waals surface area contributed by atoms with Crippen LogP contribution in [0.4, 0.5) is 0 Å². The van der Waals surface area contributed by atoms with Crippen molar-refractivity contribution in [1.29, 1.82) is 0 Å². The highest BCUT2D eigenvalue weighted by Crippen LogP contribution is 2.33. The molecule has 5 atom stereocenters. The van der Waals surface area contributed by atoms with Crippen LogP contribution in [0, 0.1) is 0 Å². The molecule has 1 unspecified atom stereocenters. The van der Waals surface area contributed by atoms with E-state index in [1.807, 2.05) is 54.6 Å². The van der Waals surface area contributed by atoms with Gasteiger partial charge < -0.3 is 28.4 Å². The van der Waals surface area contributed by atoms with E-state index >= 15 is 0 Å². The second kappa shape index (κ2) is 14.9. The van der Waals surface area contributed by atoms with Crippen LogP contribution in [-0.4, -0.2) is 56.3 Å². The van der Waals surface area contributed by atoms with Crippen LogP contribution in [0.2, 0.25) is 0 Å². The minimum atomic E-state index is -1.18. The molecule has 2 aromatic carbocycles. The molecule has 0 aliphatic carbocycles. The highest BCUT2D eigenvalue weighted by Gasteiger charge is 2.52. The predicted molar refractivity (Wildman–Crippen MR) is 136 cm³/mol. The number of benzene rings is 2. The fourth-order valence-electron chi connectivity index (χ4n) is 4.16. The molecule has 204 valence electrons. The first-order valence-electron chi connectivity index (χ1n) is 12.3. The van der Waals surface area contributed by atoms with Crippen molar-refractivity contribution in [2.24, 2.45) is 5.11 Å². The van der Waals surface area contributed by atoms with E-state index in [2.05, 4.69) is 10.0 Å². The number of nitrogens with zero attached hydrogens (tertiary/aromatic N) is 3. The molecule has 11 heteroatoms. The Hall–Kier alpha value is -3.63. The van der Waals surface area contributed by atoms with E-state index in [9.17, 15) is 9.59 Å². The van der Waals surface area contributed by atoms with Crippen molar-refractivity contribution in [3.05, 3.63) is 76.2 Å². The molecule has 0 bridgehead atoms. The third-order valence-corrected chi connectivity index (χ3v) is 5.88. The molecule has 1 saturated heterocycles. The molecule has 0 N–H and O–H groups in total. The summed E-state index contributed by atoms with van der Waals surface area (Å²) in [7, 11) is 1.59. The molecule has 1 heterocycles. The smallest absolute Gasteiger partial charge is 0.305 e. The number of rotatable bonds is 14. The second-order valence-corrected chi connectivity index (χ2v) is 8.71. The first kappa shape index (κ1) is 28.9. The summed E-state index contributed by atoms with van der Waals surface area (Å²) >= 11 is 0. The molecule has 1 fully saturated rings. The summed E-state index contributed by atoms with van der Waals surface area (Å²) < 4.78 is 34.8. The summed E-state index contributed by atoms with van der Waals surface area (Å²) in [6.45, 7) is 3.24. The summed E-state index contributed by atoms with van der Waals surface area (Å²) in [6.07, 6.45) is -3.34. The zero-order chi connectivity index (χ0) is 27.3. The maximum Gasteiger partial charge on any atom is 0.305 e. The molecule has 3 rings (SSSR count). The van der Waals surface area contributed by atoms with E-state index < -0.39 is 42.6 Å².